The lowest BCUT2D eigenvalue weighted by molar-refractivity contribution is -0.133. The number of aryl methyl sites for hydroxylation is 2. The number of nitrogens with zero attached hydrogens (tertiary/aromatic N) is 1. The lowest BCUT2D eigenvalue weighted by atomic mass is 10.1. The molecule has 0 saturated carbocycles. The lowest BCUT2D eigenvalue weighted by Crippen LogP contribution is -2.45. The highest BCUT2D eigenvalue weighted by molar-refractivity contribution is 5.85. The van der Waals surface area contributed by atoms with Crippen molar-refractivity contribution in [3.63, 3.8) is 0 Å². The zero-order valence-corrected chi connectivity index (χ0v) is 14.1. The van der Waals surface area contributed by atoms with E-state index in [2.05, 4.69) is 10.6 Å². The number of carbonyl (C=O) groups is 2. The molecule has 1 heterocycles. The summed E-state index contributed by atoms with van der Waals surface area (Å²) >= 11 is 0. The minimum absolute atomic E-state index is 0.0198. The average molecular weight is 317 g/mol. The van der Waals surface area contributed by atoms with Crippen molar-refractivity contribution in [1.82, 2.24) is 15.5 Å². The summed E-state index contributed by atoms with van der Waals surface area (Å²) < 4.78 is 0. The van der Waals surface area contributed by atoms with Crippen LogP contribution in [0.25, 0.3) is 0 Å². The third kappa shape index (κ3) is 5.36. The van der Waals surface area contributed by atoms with Gasteiger partial charge in [-0.15, -0.1) is 0 Å². The number of rotatable bonds is 7. The molecule has 0 spiro atoms. The van der Waals surface area contributed by atoms with E-state index >= 15 is 0 Å². The Kier molecular flexibility index (Phi) is 6.59. The van der Waals surface area contributed by atoms with Crippen molar-refractivity contribution >= 4 is 11.8 Å². The van der Waals surface area contributed by atoms with Crippen LogP contribution in [0.3, 0.4) is 0 Å². The standard InChI is InChI=1S/C18H27N3O2/c1-14-5-7-15(8-6-14)9-10-17(22)20-13-18(23)21-11-3-4-16(21)12-19-2/h5-8,16,19H,3-4,9-13H2,1-2H3,(H,20,22). The van der Waals surface area contributed by atoms with Crippen molar-refractivity contribution in [2.24, 2.45) is 0 Å². The molecule has 0 bridgehead atoms. The van der Waals surface area contributed by atoms with Crippen LogP contribution >= 0.6 is 0 Å². The Morgan fingerprint density at radius 1 is 1.26 bits per heavy atom. The van der Waals surface area contributed by atoms with Crippen molar-refractivity contribution in [1.29, 1.82) is 0 Å². The highest BCUT2D eigenvalue weighted by Gasteiger charge is 2.27. The molecule has 1 atom stereocenters. The second kappa shape index (κ2) is 8.67. The Labute approximate surface area is 138 Å². The first-order chi connectivity index (χ1) is 11.1. The number of benzene rings is 1. The summed E-state index contributed by atoms with van der Waals surface area (Å²) in [4.78, 5) is 26.0. The third-order valence-electron chi connectivity index (χ3n) is 4.34. The average Bonchev–Trinajstić information content (AvgIpc) is 3.01. The number of hydrogen-bond acceptors (Lipinski definition) is 3. The molecule has 1 unspecified atom stereocenters. The first-order valence-corrected chi connectivity index (χ1v) is 8.36. The number of likely N-dealkylation sites (N-methyl/N-ethyl adjacent to an activating group) is 1. The molecule has 1 aromatic carbocycles. The molecule has 1 saturated heterocycles. The molecule has 0 radical (unpaired) electrons. The van der Waals surface area contributed by atoms with Crippen LogP contribution in [0.4, 0.5) is 0 Å². The predicted molar refractivity (Wildman–Crippen MR) is 91.2 cm³/mol. The predicted octanol–water partition coefficient (Wildman–Crippen LogP) is 1.25. The molecule has 1 aliphatic rings. The van der Waals surface area contributed by atoms with Crippen LogP contribution in [0, 0.1) is 6.92 Å². The first-order valence-electron chi connectivity index (χ1n) is 8.36. The number of hydrogen-bond donors (Lipinski definition) is 2. The molecule has 1 fully saturated rings. The van der Waals surface area contributed by atoms with Crippen LogP contribution in [0.1, 0.15) is 30.4 Å². The van der Waals surface area contributed by atoms with Gasteiger partial charge in [-0.2, -0.15) is 0 Å². The topological polar surface area (TPSA) is 61.4 Å². The third-order valence-corrected chi connectivity index (χ3v) is 4.34. The summed E-state index contributed by atoms with van der Waals surface area (Å²) in [6.45, 7) is 3.76. The number of likely N-dealkylation sites (tertiary alicyclic amines) is 1. The molecule has 2 amide bonds. The molecule has 126 valence electrons. The normalized spacial score (nSPS) is 17.3. The van der Waals surface area contributed by atoms with Crippen LogP contribution in [-0.4, -0.2) is 49.4 Å². The van der Waals surface area contributed by atoms with Crippen LogP contribution in [0.2, 0.25) is 0 Å². The van der Waals surface area contributed by atoms with Crippen LogP contribution in [0.5, 0.6) is 0 Å². The van der Waals surface area contributed by atoms with Gasteiger partial charge in [-0.3, -0.25) is 9.59 Å². The van der Waals surface area contributed by atoms with Gasteiger partial charge in [-0.25, -0.2) is 0 Å². The lowest BCUT2D eigenvalue weighted by Gasteiger charge is -2.24. The minimum atomic E-state index is -0.0664. The Hall–Kier alpha value is -1.88. The van der Waals surface area contributed by atoms with E-state index in [0.29, 0.717) is 12.8 Å². The molecule has 2 rings (SSSR count). The summed E-state index contributed by atoms with van der Waals surface area (Å²) in [6, 6.07) is 8.44. The maximum atomic E-state index is 12.2. The van der Waals surface area contributed by atoms with Crippen molar-refractivity contribution in [3.8, 4) is 0 Å². The summed E-state index contributed by atoms with van der Waals surface area (Å²) in [5.41, 5.74) is 2.36. The maximum Gasteiger partial charge on any atom is 0.242 e. The van der Waals surface area contributed by atoms with Gasteiger partial charge in [0, 0.05) is 25.6 Å². The second-order valence-electron chi connectivity index (χ2n) is 6.20. The summed E-state index contributed by atoms with van der Waals surface area (Å²) in [5, 5.41) is 5.87. The van der Waals surface area contributed by atoms with E-state index in [1.54, 1.807) is 0 Å². The van der Waals surface area contributed by atoms with Crippen molar-refractivity contribution in [3.05, 3.63) is 35.4 Å². The number of carbonyl (C=O) groups excluding carboxylic acids is 2. The molecular weight excluding hydrogens is 290 g/mol. The fraction of sp³-hybridized carbons (Fsp3) is 0.556. The van der Waals surface area contributed by atoms with Gasteiger partial charge in [-0.05, 0) is 38.8 Å². The summed E-state index contributed by atoms with van der Waals surface area (Å²) in [7, 11) is 1.90. The fourth-order valence-electron chi connectivity index (χ4n) is 2.99. The monoisotopic (exact) mass is 317 g/mol. The SMILES string of the molecule is CNCC1CCCN1C(=O)CNC(=O)CCc1ccc(C)cc1. The van der Waals surface area contributed by atoms with Gasteiger partial charge in [0.2, 0.25) is 11.8 Å². The quantitative estimate of drug-likeness (QED) is 0.796. The molecule has 1 aliphatic heterocycles. The highest BCUT2D eigenvalue weighted by Crippen LogP contribution is 2.16. The van der Waals surface area contributed by atoms with E-state index in [9.17, 15) is 9.59 Å². The number of amides is 2. The summed E-state index contributed by atoms with van der Waals surface area (Å²) in [5.74, 6) is -0.0466. The second-order valence-corrected chi connectivity index (χ2v) is 6.20. The zero-order valence-electron chi connectivity index (χ0n) is 14.1. The van der Waals surface area contributed by atoms with Gasteiger partial charge in [-0.1, -0.05) is 29.8 Å². The zero-order chi connectivity index (χ0) is 16.7. The van der Waals surface area contributed by atoms with Crippen LogP contribution in [0.15, 0.2) is 24.3 Å². The van der Waals surface area contributed by atoms with Crippen molar-refractivity contribution in [2.75, 3.05) is 26.7 Å². The molecule has 5 heteroatoms. The van der Waals surface area contributed by atoms with E-state index in [4.69, 9.17) is 0 Å². The van der Waals surface area contributed by atoms with E-state index in [0.717, 1.165) is 31.5 Å². The van der Waals surface area contributed by atoms with Crippen LogP contribution in [-0.2, 0) is 16.0 Å². The molecule has 23 heavy (non-hydrogen) atoms. The molecular formula is C18H27N3O2. The molecule has 2 N–H and O–H groups in total. The Morgan fingerprint density at radius 2 is 2.00 bits per heavy atom. The van der Waals surface area contributed by atoms with Gasteiger partial charge < -0.3 is 15.5 Å². The van der Waals surface area contributed by atoms with E-state index in [1.807, 2.05) is 43.1 Å². The molecule has 0 aromatic heterocycles. The highest BCUT2D eigenvalue weighted by atomic mass is 16.2. The van der Waals surface area contributed by atoms with Gasteiger partial charge >= 0.3 is 0 Å². The Bertz CT molecular complexity index is 528. The van der Waals surface area contributed by atoms with Crippen LogP contribution < -0.4 is 10.6 Å². The van der Waals surface area contributed by atoms with Gasteiger partial charge in [0.1, 0.15) is 0 Å². The van der Waals surface area contributed by atoms with Gasteiger partial charge in [0.25, 0.3) is 0 Å². The summed E-state index contributed by atoms with van der Waals surface area (Å²) in [6.07, 6.45) is 3.19. The first kappa shape index (κ1) is 17.5. The van der Waals surface area contributed by atoms with Crippen molar-refractivity contribution in [2.45, 2.75) is 38.6 Å². The maximum absolute atomic E-state index is 12.2. The molecule has 0 aliphatic carbocycles. The van der Waals surface area contributed by atoms with E-state index in [1.165, 1.54) is 5.56 Å². The van der Waals surface area contributed by atoms with Crippen molar-refractivity contribution < 1.29 is 9.59 Å². The van der Waals surface area contributed by atoms with E-state index in [-0.39, 0.29) is 24.4 Å². The van der Waals surface area contributed by atoms with E-state index < -0.39 is 0 Å². The minimum Gasteiger partial charge on any atom is -0.347 e. The molecule has 1 aromatic rings. The van der Waals surface area contributed by atoms with Gasteiger partial charge in [0.15, 0.2) is 0 Å². The smallest absolute Gasteiger partial charge is 0.242 e. The fourth-order valence-corrected chi connectivity index (χ4v) is 2.99. The molecule has 5 nitrogen and oxygen atoms in total. The number of nitrogens with one attached hydrogen (secondary N) is 2. The van der Waals surface area contributed by atoms with Gasteiger partial charge in [0.05, 0.1) is 6.54 Å². The Balaban J connectivity index is 1.71. The Morgan fingerprint density at radius 3 is 2.70 bits per heavy atom. The largest absolute Gasteiger partial charge is 0.347 e.